The summed E-state index contributed by atoms with van der Waals surface area (Å²) in [7, 11) is -2.71. The highest BCUT2D eigenvalue weighted by atomic mass is 32.2. The Morgan fingerprint density at radius 3 is 2.09 bits per heavy atom. The standard InChI is InChI=1S/C34H40N2O6S/c1-21(2)30(33(38)41-7)36-43(39,40)27-17-13-24(14-18-27)23-11-15-26(16-12-23)35-32(37)31-22(3)29-25(19-20-34(4,5)6)9-8-10-28(29)42-31/h8-18,21,30,36H,19-20H2,1-7H3,(H,35,37). The molecule has 1 aromatic heterocycles. The molecule has 0 aliphatic carbocycles. The molecule has 1 heterocycles. The van der Waals surface area contributed by atoms with Crippen molar-refractivity contribution in [3.05, 3.63) is 83.6 Å². The molecule has 4 rings (SSSR count). The van der Waals surface area contributed by atoms with Crippen LogP contribution in [0.2, 0.25) is 0 Å². The summed E-state index contributed by atoms with van der Waals surface area (Å²) in [5.74, 6) is -0.956. The highest BCUT2D eigenvalue weighted by molar-refractivity contribution is 7.89. The molecule has 9 heteroatoms. The third-order valence-corrected chi connectivity index (χ3v) is 8.89. The van der Waals surface area contributed by atoms with Crippen molar-refractivity contribution in [3.8, 4) is 11.1 Å². The van der Waals surface area contributed by atoms with Gasteiger partial charge < -0.3 is 14.5 Å². The minimum absolute atomic E-state index is 0.0393. The largest absolute Gasteiger partial charge is 0.468 e. The first-order chi connectivity index (χ1) is 20.2. The number of furan rings is 1. The van der Waals surface area contributed by atoms with Gasteiger partial charge in [0.1, 0.15) is 11.6 Å². The van der Waals surface area contributed by atoms with Gasteiger partial charge in [-0.1, -0.05) is 71.0 Å². The zero-order valence-corrected chi connectivity index (χ0v) is 26.6. The zero-order valence-electron chi connectivity index (χ0n) is 25.8. The molecule has 228 valence electrons. The van der Waals surface area contributed by atoms with Crippen molar-refractivity contribution >= 4 is 38.6 Å². The number of carbonyl (C=O) groups excluding carboxylic acids is 2. The Morgan fingerprint density at radius 1 is 0.930 bits per heavy atom. The van der Waals surface area contributed by atoms with Crippen LogP contribution < -0.4 is 10.0 Å². The summed E-state index contributed by atoms with van der Waals surface area (Å²) in [5.41, 5.74) is 5.14. The number of nitrogens with one attached hydrogen (secondary N) is 2. The number of hydrogen-bond donors (Lipinski definition) is 2. The molecule has 4 aromatic rings. The molecular formula is C34H40N2O6S. The van der Waals surface area contributed by atoms with Crippen LogP contribution in [-0.2, 0) is 26.0 Å². The number of benzene rings is 3. The van der Waals surface area contributed by atoms with Crippen LogP contribution in [0.4, 0.5) is 5.69 Å². The van der Waals surface area contributed by atoms with Crippen molar-refractivity contribution in [3.63, 3.8) is 0 Å². The molecule has 0 bridgehead atoms. The van der Waals surface area contributed by atoms with Crippen LogP contribution in [-0.4, -0.2) is 33.4 Å². The summed E-state index contributed by atoms with van der Waals surface area (Å²) in [6, 6.07) is 18.6. The van der Waals surface area contributed by atoms with Crippen LogP contribution in [0.15, 0.2) is 76.0 Å². The Balaban J connectivity index is 1.47. The van der Waals surface area contributed by atoms with E-state index in [1.54, 1.807) is 38.1 Å². The SMILES string of the molecule is COC(=O)C(NS(=O)(=O)c1ccc(-c2ccc(NC(=O)c3oc4cccc(CCC(C)(C)C)c4c3C)cc2)cc1)C(C)C. The number of sulfonamides is 1. The van der Waals surface area contributed by atoms with E-state index < -0.39 is 22.0 Å². The summed E-state index contributed by atoms with van der Waals surface area (Å²) >= 11 is 0. The predicted molar refractivity (Wildman–Crippen MR) is 170 cm³/mol. The fraction of sp³-hybridized carbons (Fsp3) is 0.353. The Hall–Kier alpha value is -3.95. The second-order valence-corrected chi connectivity index (χ2v) is 14.0. The van der Waals surface area contributed by atoms with Crippen molar-refractivity contribution in [2.45, 2.75) is 65.3 Å². The van der Waals surface area contributed by atoms with E-state index in [4.69, 9.17) is 9.15 Å². The van der Waals surface area contributed by atoms with Crippen LogP contribution in [0.5, 0.6) is 0 Å². The summed E-state index contributed by atoms with van der Waals surface area (Å²) < 4.78 is 38.9. The number of methoxy groups -OCH3 is 1. The number of aryl methyl sites for hydroxylation is 2. The highest BCUT2D eigenvalue weighted by Crippen LogP contribution is 2.32. The number of esters is 1. The summed E-state index contributed by atoms with van der Waals surface area (Å²) in [6.07, 6.45) is 1.92. The van der Waals surface area contributed by atoms with Gasteiger partial charge in [0.25, 0.3) is 5.91 Å². The molecule has 0 aliphatic rings. The normalized spacial score (nSPS) is 12.8. The van der Waals surface area contributed by atoms with E-state index in [0.717, 1.165) is 34.9 Å². The Kier molecular flexibility index (Phi) is 9.47. The van der Waals surface area contributed by atoms with Crippen molar-refractivity contribution in [2.24, 2.45) is 11.3 Å². The number of anilines is 1. The lowest BCUT2D eigenvalue weighted by atomic mass is 9.87. The molecule has 3 aromatic carbocycles. The second-order valence-electron chi connectivity index (χ2n) is 12.3. The number of amides is 1. The first-order valence-electron chi connectivity index (χ1n) is 14.3. The van der Waals surface area contributed by atoms with Gasteiger partial charge in [-0.3, -0.25) is 9.59 Å². The Labute approximate surface area is 253 Å². The lowest BCUT2D eigenvalue weighted by Crippen LogP contribution is -2.44. The summed E-state index contributed by atoms with van der Waals surface area (Å²) in [4.78, 5) is 25.3. The molecular weight excluding hydrogens is 564 g/mol. The first kappa shape index (κ1) is 32.0. The van der Waals surface area contributed by atoms with E-state index in [9.17, 15) is 18.0 Å². The zero-order chi connectivity index (χ0) is 31.5. The molecule has 0 aliphatic heterocycles. The lowest BCUT2D eigenvalue weighted by Gasteiger charge is -2.19. The number of ether oxygens (including phenoxy) is 1. The maximum absolute atomic E-state index is 13.2. The van der Waals surface area contributed by atoms with Gasteiger partial charge in [-0.15, -0.1) is 0 Å². The second kappa shape index (κ2) is 12.7. The van der Waals surface area contributed by atoms with Gasteiger partial charge in [0.2, 0.25) is 10.0 Å². The van der Waals surface area contributed by atoms with Crippen molar-refractivity contribution in [2.75, 3.05) is 12.4 Å². The van der Waals surface area contributed by atoms with Crippen molar-refractivity contribution in [1.29, 1.82) is 0 Å². The molecule has 8 nitrogen and oxygen atoms in total. The molecule has 1 atom stereocenters. The summed E-state index contributed by atoms with van der Waals surface area (Å²) in [6.45, 7) is 12.0. The topological polar surface area (TPSA) is 115 Å². The van der Waals surface area contributed by atoms with Crippen LogP contribution >= 0.6 is 0 Å². The number of carbonyl (C=O) groups is 2. The van der Waals surface area contributed by atoms with Gasteiger partial charge in [-0.25, -0.2) is 8.42 Å². The third-order valence-electron chi connectivity index (χ3n) is 7.44. The fourth-order valence-corrected chi connectivity index (χ4v) is 6.23. The smallest absolute Gasteiger partial charge is 0.324 e. The van der Waals surface area contributed by atoms with E-state index in [0.29, 0.717) is 17.0 Å². The van der Waals surface area contributed by atoms with Gasteiger partial charge in [0.15, 0.2) is 5.76 Å². The Bertz CT molecular complexity index is 1710. The fourth-order valence-electron chi connectivity index (χ4n) is 4.90. The van der Waals surface area contributed by atoms with E-state index in [1.807, 2.05) is 31.2 Å². The average Bonchev–Trinajstić information content (AvgIpc) is 3.31. The highest BCUT2D eigenvalue weighted by Gasteiger charge is 2.29. The molecule has 0 saturated heterocycles. The molecule has 1 unspecified atom stereocenters. The van der Waals surface area contributed by atoms with Gasteiger partial charge in [-0.05, 0) is 78.1 Å². The van der Waals surface area contributed by atoms with Crippen molar-refractivity contribution in [1.82, 2.24) is 4.72 Å². The van der Waals surface area contributed by atoms with Crippen molar-refractivity contribution < 1.29 is 27.2 Å². The third kappa shape index (κ3) is 7.53. The quantitative estimate of drug-likeness (QED) is 0.186. The van der Waals surface area contributed by atoms with E-state index >= 15 is 0 Å². The minimum Gasteiger partial charge on any atom is -0.468 e. The molecule has 2 N–H and O–H groups in total. The predicted octanol–water partition coefficient (Wildman–Crippen LogP) is 7.12. The molecule has 1 amide bonds. The van der Waals surface area contributed by atoms with Crippen LogP contribution in [0, 0.1) is 18.3 Å². The van der Waals surface area contributed by atoms with E-state index in [-0.39, 0.29) is 22.1 Å². The van der Waals surface area contributed by atoms with Gasteiger partial charge >= 0.3 is 5.97 Å². The Morgan fingerprint density at radius 2 is 1.53 bits per heavy atom. The van der Waals surface area contributed by atoms with Gasteiger partial charge in [0, 0.05) is 16.6 Å². The monoisotopic (exact) mass is 604 g/mol. The van der Waals surface area contributed by atoms with Crippen LogP contribution in [0.25, 0.3) is 22.1 Å². The maximum Gasteiger partial charge on any atom is 0.324 e. The number of hydrogen-bond acceptors (Lipinski definition) is 6. The average molecular weight is 605 g/mol. The molecule has 0 spiro atoms. The lowest BCUT2D eigenvalue weighted by molar-refractivity contribution is -0.143. The molecule has 0 radical (unpaired) electrons. The first-order valence-corrected chi connectivity index (χ1v) is 15.8. The number of rotatable bonds is 10. The maximum atomic E-state index is 13.2. The molecule has 0 fully saturated rings. The van der Waals surface area contributed by atoms with Gasteiger partial charge in [0.05, 0.1) is 12.0 Å². The van der Waals surface area contributed by atoms with Crippen LogP contribution in [0.1, 0.15) is 62.7 Å². The summed E-state index contributed by atoms with van der Waals surface area (Å²) in [5, 5.41) is 3.92. The van der Waals surface area contributed by atoms with Gasteiger partial charge in [-0.2, -0.15) is 4.72 Å². The van der Waals surface area contributed by atoms with E-state index in [1.165, 1.54) is 24.8 Å². The minimum atomic E-state index is -3.94. The molecule has 0 saturated carbocycles. The van der Waals surface area contributed by atoms with E-state index in [2.05, 4.69) is 36.9 Å². The number of fused-ring (bicyclic) bond motifs is 1. The van der Waals surface area contributed by atoms with Crippen LogP contribution in [0.3, 0.4) is 0 Å². The molecule has 43 heavy (non-hydrogen) atoms.